The van der Waals surface area contributed by atoms with E-state index in [2.05, 4.69) is 13.0 Å². The Bertz CT molecular complexity index is 294. The maximum atomic E-state index is 6.04. The fraction of sp³-hybridized carbons (Fsp3) is 0.867. The summed E-state index contributed by atoms with van der Waals surface area (Å²) in [5.41, 5.74) is 2.03. The predicted octanol–water partition coefficient (Wildman–Crippen LogP) is 4.22. The molecule has 3 unspecified atom stereocenters. The van der Waals surface area contributed by atoms with Crippen LogP contribution in [0.2, 0.25) is 0 Å². The molecule has 0 radical (unpaired) electrons. The molecule has 1 nitrogen and oxygen atoms in total. The number of epoxide rings is 1. The van der Waals surface area contributed by atoms with Crippen molar-refractivity contribution in [1.29, 1.82) is 0 Å². The summed E-state index contributed by atoms with van der Waals surface area (Å²) in [4.78, 5) is 0. The fourth-order valence-corrected chi connectivity index (χ4v) is 3.82. The number of hydrogen-bond acceptors (Lipinski definition) is 1. The van der Waals surface area contributed by atoms with Crippen LogP contribution in [0.5, 0.6) is 0 Å². The molecule has 3 rings (SSSR count). The van der Waals surface area contributed by atoms with E-state index < -0.39 is 0 Å². The lowest BCUT2D eigenvalue weighted by Gasteiger charge is -2.26. The molecule has 0 amide bonds. The first-order chi connectivity index (χ1) is 7.81. The maximum Gasteiger partial charge on any atom is 0.0976 e. The molecule has 0 aromatic heterocycles. The van der Waals surface area contributed by atoms with Gasteiger partial charge in [0.1, 0.15) is 0 Å². The van der Waals surface area contributed by atoms with E-state index in [4.69, 9.17) is 4.74 Å². The molecule has 1 heterocycles. The molecule has 0 N–H and O–H groups in total. The van der Waals surface area contributed by atoms with Gasteiger partial charge in [0.15, 0.2) is 0 Å². The van der Waals surface area contributed by atoms with Crippen LogP contribution >= 0.6 is 0 Å². The van der Waals surface area contributed by atoms with E-state index in [1.54, 1.807) is 5.57 Å². The van der Waals surface area contributed by atoms with Crippen molar-refractivity contribution in [1.82, 2.24) is 0 Å². The second-order valence-electron chi connectivity index (χ2n) is 6.02. The van der Waals surface area contributed by atoms with Crippen LogP contribution in [-0.2, 0) is 4.74 Å². The predicted molar refractivity (Wildman–Crippen MR) is 66.4 cm³/mol. The molecular formula is C15H24O. The van der Waals surface area contributed by atoms with E-state index in [9.17, 15) is 0 Å². The van der Waals surface area contributed by atoms with Crippen molar-refractivity contribution in [3.05, 3.63) is 11.6 Å². The van der Waals surface area contributed by atoms with Gasteiger partial charge >= 0.3 is 0 Å². The van der Waals surface area contributed by atoms with Crippen molar-refractivity contribution in [3.63, 3.8) is 0 Å². The average Bonchev–Trinajstić information content (AvgIpc) is 3.06. The van der Waals surface area contributed by atoms with Gasteiger partial charge in [-0.05, 0) is 50.9 Å². The molecule has 90 valence electrons. The Kier molecular flexibility index (Phi) is 2.83. The van der Waals surface area contributed by atoms with Crippen LogP contribution in [0.4, 0.5) is 0 Å². The summed E-state index contributed by atoms with van der Waals surface area (Å²) < 4.78 is 6.04. The van der Waals surface area contributed by atoms with Crippen LogP contribution in [0.25, 0.3) is 0 Å². The van der Waals surface area contributed by atoms with Gasteiger partial charge < -0.3 is 4.74 Å². The molecule has 0 aromatic carbocycles. The van der Waals surface area contributed by atoms with Gasteiger partial charge in [-0.1, -0.05) is 31.4 Å². The quantitative estimate of drug-likeness (QED) is 0.512. The van der Waals surface area contributed by atoms with Crippen molar-refractivity contribution in [2.45, 2.75) is 76.4 Å². The lowest BCUT2D eigenvalue weighted by Crippen LogP contribution is -2.28. The Hall–Kier alpha value is -0.300. The molecule has 3 aliphatic rings. The summed E-state index contributed by atoms with van der Waals surface area (Å²) in [7, 11) is 0. The summed E-state index contributed by atoms with van der Waals surface area (Å²) in [6.45, 7) is 2.42. The van der Waals surface area contributed by atoms with Gasteiger partial charge in [-0.3, -0.25) is 0 Å². The van der Waals surface area contributed by atoms with Crippen molar-refractivity contribution >= 4 is 0 Å². The molecule has 2 aliphatic carbocycles. The van der Waals surface area contributed by atoms with E-state index in [0.717, 1.165) is 5.92 Å². The van der Waals surface area contributed by atoms with Crippen LogP contribution < -0.4 is 0 Å². The lowest BCUT2D eigenvalue weighted by atomic mass is 9.77. The topological polar surface area (TPSA) is 12.5 Å². The summed E-state index contributed by atoms with van der Waals surface area (Å²) in [6, 6.07) is 0. The summed E-state index contributed by atoms with van der Waals surface area (Å²) in [6.07, 6.45) is 15.3. The Balaban J connectivity index is 1.61. The van der Waals surface area contributed by atoms with Crippen LogP contribution in [0.1, 0.15) is 64.7 Å². The minimum atomic E-state index is 0.316. The van der Waals surface area contributed by atoms with Crippen LogP contribution in [0.3, 0.4) is 0 Å². The highest BCUT2D eigenvalue weighted by Crippen LogP contribution is 2.54. The van der Waals surface area contributed by atoms with Gasteiger partial charge in [-0.15, -0.1) is 0 Å². The molecule has 1 aliphatic heterocycles. The normalized spacial score (nSPS) is 39.8. The second-order valence-corrected chi connectivity index (χ2v) is 6.02. The zero-order chi connectivity index (χ0) is 11.0. The van der Waals surface area contributed by atoms with E-state index in [-0.39, 0.29) is 0 Å². The molecule has 1 saturated carbocycles. The summed E-state index contributed by atoms with van der Waals surface area (Å²) in [5.74, 6) is 0.752. The minimum absolute atomic E-state index is 0.316. The highest BCUT2D eigenvalue weighted by Gasteiger charge is 2.59. The molecular weight excluding hydrogens is 196 g/mol. The standard InChI is InChI=1S/C15H24O/c1-12(11-13-7-3-2-4-8-13)15-10-6-5-9-14(15)16-15/h7,12,14H,2-6,8-11H2,1H3. The molecule has 2 fully saturated rings. The molecule has 1 saturated heterocycles. The molecule has 16 heavy (non-hydrogen) atoms. The van der Waals surface area contributed by atoms with Crippen molar-refractivity contribution < 1.29 is 4.74 Å². The van der Waals surface area contributed by atoms with Crippen molar-refractivity contribution in [2.75, 3.05) is 0 Å². The van der Waals surface area contributed by atoms with Gasteiger partial charge in [-0.2, -0.15) is 0 Å². The number of rotatable bonds is 3. The SMILES string of the molecule is CC(CC1=CCCCC1)C12CCCCC1O2. The second kappa shape index (κ2) is 4.18. The minimum Gasteiger partial charge on any atom is -0.366 e. The Morgan fingerprint density at radius 3 is 3.06 bits per heavy atom. The summed E-state index contributed by atoms with van der Waals surface area (Å²) in [5, 5.41) is 0. The number of ether oxygens (including phenoxy) is 1. The molecule has 0 bridgehead atoms. The number of fused-ring (bicyclic) bond motifs is 1. The average molecular weight is 220 g/mol. The van der Waals surface area contributed by atoms with Gasteiger partial charge in [0.2, 0.25) is 0 Å². The monoisotopic (exact) mass is 220 g/mol. The molecule has 1 heteroatoms. The zero-order valence-corrected chi connectivity index (χ0v) is 10.5. The van der Waals surface area contributed by atoms with Gasteiger partial charge in [0.05, 0.1) is 11.7 Å². The van der Waals surface area contributed by atoms with Crippen LogP contribution in [0, 0.1) is 5.92 Å². The fourth-order valence-electron chi connectivity index (χ4n) is 3.82. The Morgan fingerprint density at radius 2 is 2.31 bits per heavy atom. The van der Waals surface area contributed by atoms with E-state index in [0.29, 0.717) is 11.7 Å². The van der Waals surface area contributed by atoms with Gasteiger partial charge in [-0.25, -0.2) is 0 Å². The van der Waals surface area contributed by atoms with Crippen LogP contribution in [0.15, 0.2) is 11.6 Å². The zero-order valence-electron chi connectivity index (χ0n) is 10.5. The number of hydrogen-bond donors (Lipinski definition) is 0. The first-order valence-electron chi connectivity index (χ1n) is 7.17. The van der Waals surface area contributed by atoms with E-state index >= 15 is 0 Å². The van der Waals surface area contributed by atoms with E-state index in [1.165, 1.54) is 57.8 Å². The third kappa shape index (κ3) is 1.84. The van der Waals surface area contributed by atoms with Crippen molar-refractivity contribution in [3.8, 4) is 0 Å². The molecule has 3 atom stereocenters. The first kappa shape index (κ1) is 10.8. The van der Waals surface area contributed by atoms with Crippen LogP contribution in [-0.4, -0.2) is 11.7 Å². The third-order valence-electron chi connectivity index (χ3n) is 4.92. The summed E-state index contributed by atoms with van der Waals surface area (Å²) >= 11 is 0. The smallest absolute Gasteiger partial charge is 0.0976 e. The molecule has 0 aromatic rings. The van der Waals surface area contributed by atoms with Gasteiger partial charge in [0.25, 0.3) is 0 Å². The first-order valence-corrected chi connectivity index (χ1v) is 7.17. The molecule has 0 spiro atoms. The lowest BCUT2D eigenvalue weighted by molar-refractivity contribution is 0.210. The van der Waals surface area contributed by atoms with Crippen molar-refractivity contribution in [2.24, 2.45) is 5.92 Å². The number of allylic oxidation sites excluding steroid dienone is 2. The largest absolute Gasteiger partial charge is 0.366 e. The maximum absolute atomic E-state index is 6.04. The van der Waals surface area contributed by atoms with E-state index in [1.807, 2.05) is 0 Å². The van der Waals surface area contributed by atoms with Gasteiger partial charge in [0, 0.05) is 0 Å². The third-order valence-corrected chi connectivity index (χ3v) is 4.92. The Labute approximate surface area is 99.3 Å². The highest BCUT2D eigenvalue weighted by molar-refractivity contribution is 5.13. The Morgan fingerprint density at radius 1 is 1.38 bits per heavy atom. The highest BCUT2D eigenvalue weighted by atomic mass is 16.6.